The first kappa shape index (κ1) is 23.4. The van der Waals surface area contributed by atoms with Gasteiger partial charge in [-0.15, -0.1) is 0 Å². The zero-order valence-corrected chi connectivity index (χ0v) is 18.4. The lowest BCUT2D eigenvalue weighted by Gasteiger charge is -2.30. The van der Waals surface area contributed by atoms with E-state index in [2.05, 4.69) is 0 Å². The van der Waals surface area contributed by atoms with E-state index in [-0.39, 0.29) is 24.5 Å². The molecule has 2 rings (SSSR count). The summed E-state index contributed by atoms with van der Waals surface area (Å²) in [5, 5.41) is 0. The topological polar surface area (TPSA) is 48.0 Å². The Morgan fingerprint density at radius 1 is 1.14 bits per heavy atom. The molecule has 0 radical (unpaired) electrons. The molecule has 1 aliphatic heterocycles. The number of hydrogen-bond acceptors (Lipinski definition) is 4. The summed E-state index contributed by atoms with van der Waals surface area (Å²) in [4.78, 5) is 14.5. The van der Waals surface area contributed by atoms with Gasteiger partial charge in [-0.25, -0.2) is 4.79 Å². The van der Waals surface area contributed by atoms with E-state index in [0.29, 0.717) is 12.4 Å². The first-order chi connectivity index (χ1) is 14.0. The molecule has 1 unspecified atom stereocenters. The van der Waals surface area contributed by atoms with E-state index in [9.17, 15) is 4.79 Å². The molecule has 1 amide bonds. The third-order valence-electron chi connectivity index (χ3n) is 4.95. The molecule has 0 N–H and O–H groups in total. The van der Waals surface area contributed by atoms with Crippen molar-refractivity contribution in [3.8, 4) is 0 Å². The maximum absolute atomic E-state index is 12.7. The number of nitrogens with zero attached hydrogens (tertiary/aromatic N) is 1. The molecular formula is C24H37NO4. The van der Waals surface area contributed by atoms with E-state index in [1.807, 2.05) is 64.1 Å². The van der Waals surface area contributed by atoms with Crippen molar-refractivity contribution in [3.63, 3.8) is 0 Å². The number of carbonyl (C=O) groups excluding carboxylic acids is 1. The van der Waals surface area contributed by atoms with Crippen molar-refractivity contribution in [1.82, 2.24) is 4.90 Å². The monoisotopic (exact) mass is 403 g/mol. The quantitative estimate of drug-likeness (QED) is 0.355. The van der Waals surface area contributed by atoms with E-state index >= 15 is 0 Å². The van der Waals surface area contributed by atoms with Crippen molar-refractivity contribution in [2.75, 3.05) is 13.2 Å². The minimum Gasteiger partial charge on any atom is -0.410 e. The van der Waals surface area contributed by atoms with E-state index in [4.69, 9.17) is 14.2 Å². The van der Waals surface area contributed by atoms with Gasteiger partial charge in [-0.1, -0.05) is 30.3 Å². The molecule has 0 aliphatic carbocycles. The third kappa shape index (κ3) is 8.19. The Bertz CT molecular complexity index is 613. The molecule has 0 spiro atoms. The fraction of sp³-hybridized carbons (Fsp3) is 0.625. The summed E-state index contributed by atoms with van der Waals surface area (Å²) >= 11 is 0. The van der Waals surface area contributed by atoms with Crippen LogP contribution < -0.4 is 0 Å². The van der Waals surface area contributed by atoms with Gasteiger partial charge in [-0.05, 0) is 72.3 Å². The highest BCUT2D eigenvalue weighted by atomic mass is 16.7. The minimum atomic E-state index is -0.303. The summed E-state index contributed by atoms with van der Waals surface area (Å²) in [7, 11) is 0. The average Bonchev–Trinajstić information content (AvgIpc) is 2.70. The van der Waals surface area contributed by atoms with Gasteiger partial charge in [0.25, 0.3) is 0 Å². The molecule has 1 aliphatic rings. The second-order valence-corrected chi connectivity index (χ2v) is 8.06. The fourth-order valence-corrected chi connectivity index (χ4v) is 3.52. The van der Waals surface area contributed by atoms with Crippen molar-refractivity contribution in [3.05, 3.63) is 42.0 Å². The van der Waals surface area contributed by atoms with Crippen LogP contribution in [0.2, 0.25) is 0 Å². The molecule has 1 aromatic rings. The van der Waals surface area contributed by atoms with Gasteiger partial charge in [0, 0.05) is 30.9 Å². The largest absolute Gasteiger partial charge is 0.415 e. The van der Waals surface area contributed by atoms with Gasteiger partial charge in [-0.2, -0.15) is 0 Å². The van der Waals surface area contributed by atoms with Gasteiger partial charge in [0.05, 0.1) is 0 Å². The number of carbonyl (C=O) groups is 1. The summed E-state index contributed by atoms with van der Waals surface area (Å²) in [6.45, 7) is 9.52. The van der Waals surface area contributed by atoms with E-state index in [1.54, 1.807) is 4.90 Å². The molecule has 0 bridgehead atoms. The Morgan fingerprint density at radius 2 is 1.86 bits per heavy atom. The van der Waals surface area contributed by atoms with E-state index < -0.39 is 0 Å². The first-order valence-electron chi connectivity index (χ1n) is 11.0. The number of ether oxygens (including phenoxy) is 3. The number of rotatable bonds is 10. The highest BCUT2D eigenvalue weighted by Gasteiger charge is 2.23. The first-order valence-corrected chi connectivity index (χ1v) is 11.0. The van der Waals surface area contributed by atoms with Crippen LogP contribution in [-0.2, 0) is 14.2 Å². The maximum Gasteiger partial charge on any atom is 0.415 e. The van der Waals surface area contributed by atoms with Crippen LogP contribution in [0, 0.1) is 0 Å². The standard InChI is InChI=1S/C24H37NO4/c1-19(2)25(20(3)4)24(26)29-22(21-13-7-5-8-14-21)15-9-6-11-17-27-23-16-10-12-18-28-23/h5,7-8,13-15,19-20,23H,6,9-12,16-18H2,1-4H3/b22-15-. The van der Waals surface area contributed by atoms with Crippen LogP contribution in [0.5, 0.6) is 0 Å². The van der Waals surface area contributed by atoms with Crippen LogP contribution in [0.15, 0.2) is 36.4 Å². The van der Waals surface area contributed by atoms with Crippen molar-refractivity contribution in [2.24, 2.45) is 0 Å². The fourth-order valence-electron chi connectivity index (χ4n) is 3.52. The molecule has 1 atom stereocenters. The van der Waals surface area contributed by atoms with Gasteiger partial charge in [0.1, 0.15) is 5.76 Å². The van der Waals surface area contributed by atoms with Crippen LogP contribution in [0.3, 0.4) is 0 Å². The smallest absolute Gasteiger partial charge is 0.410 e. The molecular weight excluding hydrogens is 366 g/mol. The number of allylic oxidation sites excluding steroid dienone is 1. The predicted octanol–water partition coefficient (Wildman–Crippen LogP) is 6.00. The van der Waals surface area contributed by atoms with Crippen molar-refractivity contribution < 1.29 is 19.0 Å². The molecule has 1 heterocycles. The van der Waals surface area contributed by atoms with E-state index in [1.165, 1.54) is 6.42 Å². The molecule has 0 aromatic heterocycles. The van der Waals surface area contributed by atoms with Crippen LogP contribution in [0.4, 0.5) is 4.79 Å². The highest BCUT2D eigenvalue weighted by Crippen LogP contribution is 2.21. The Balaban J connectivity index is 1.89. The zero-order chi connectivity index (χ0) is 21.1. The SMILES string of the molecule is CC(C)N(C(=O)O/C(=C\CCCCOC1CCCCO1)c1ccccc1)C(C)C. The molecule has 0 saturated carbocycles. The summed E-state index contributed by atoms with van der Waals surface area (Å²) in [5.74, 6) is 0.624. The summed E-state index contributed by atoms with van der Waals surface area (Å²) in [6, 6.07) is 9.98. The second-order valence-electron chi connectivity index (χ2n) is 8.06. The second kappa shape index (κ2) is 12.7. The highest BCUT2D eigenvalue weighted by molar-refractivity contribution is 5.77. The summed E-state index contributed by atoms with van der Waals surface area (Å²) in [5.41, 5.74) is 0.917. The lowest BCUT2D eigenvalue weighted by molar-refractivity contribution is -0.162. The zero-order valence-electron chi connectivity index (χ0n) is 18.4. The van der Waals surface area contributed by atoms with Gasteiger partial charge in [-0.3, -0.25) is 0 Å². The Hall–Kier alpha value is -1.85. The molecule has 1 saturated heterocycles. The lowest BCUT2D eigenvalue weighted by atomic mass is 10.1. The van der Waals surface area contributed by atoms with Crippen molar-refractivity contribution in [1.29, 1.82) is 0 Å². The van der Waals surface area contributed by atoms with Crippen LogP contribution in [0.25, 0.3) is 5.76 Å². The summed E-state index contributed by atoms with van der Waals surface area (Å²) < 4.78 is 17.2. The van der Waals surface area contributed by atoms with Crippen molar-refractivity contribution >= 4 is 11.9 Å². The number of hydrogen-bond donors (Lipinski definition) is 0. The number of amides is 1. The molecule has 1 aromatic carbocycles. The summed E-state index contributed by atoms with van der Waals surface area (Å²) in [6.07, 6.45) is 7.75. The Morgan fingerprint density at radius 3 is 2.48 bits per heavy atom. The average molecular weight is 404 g/mol. The lowest BCUT2D eigenvalue weighted by Crippen LogP contribution is -2.42. The maximum atomic E-state index is 12.7. The van der Waals surface area contributed by atoms with Gasteiger partial charge >= 0.3 is 6.09 Å². The van der Waals surface area contributed by atoms with Gasteiger partial charge < -0.3 is 19.1 Å². The van der Waals surface area contributed by atoms with Crippen molar-refractivity contribution in [2.45, 2.75) is 84.6 Å². The van der Waals surface area contributed by atoms with E-state index in [0.717, 1.165) is 44.3 Å². The normalized spacial score (nSPS) is 17.6. The molecule has 162 valence electrons. The number of benzene rings is 1. The van der Waals surface area contributed by atoms with Crippen LogP contribution in [0.1, 0.15) is 71.8 Å². The molecule has 1 fully saturated rings. The van der Waals surface area contributed by atoms with Crippen LogP contribution >= 0.6 is 0 Å². The molecule has 5 heteroatoms. The Labute approximate surface area is 176 Å². The van der Waals surface area contributed by atoms with Crippen LogP contribution in [-0.4, -0.2) is 42.6 Å². The minimum absolute atomic E-state index is 0.0295. The predicted molar refractivity (Wildman–Crippen MR) is 116 cm³/mol. The van der Waals surface area contributed by atoms with Gasteiger partial charge in [0.2, 0.25) is 0 Å². The number of unbranched alkanes of at least 4 members (excludes halogenated alkanes) is 2. The molecule has 29 heavy (non-hydrogen) atoms. The molecule has 5 nitrogen and oxygen atoms in total. The third-order valence-corrected chi connectivity index (χ3v) is 4.95. The Kier molecular flexibility index (Phi) is 10.2. The van der Waals surface area contributed by atoms with Gasteiger partial charge in [0.15, 0.2) is 6.29 Å².